The predicted molar refractivity (Wildman–Crippen MR) is 34.0 cm³/mol. The van der Waals surface area contributed by atoms with Gasteiger partial charge in [0, 0.05) is 0 Å². The van der Waals surface area contributed by atoms with Crippen molar-refractivity contribution in [3.05, 3.63) is 0 Å². The zero-order chi connectivity index (χ0) is 6.85. The normalized spacial score (nSPS) is 18.4. The zero-order valence-corrected chi connectivity index (χ0v) is 4.96. The third-order valence-corrected chi connectivity index (χ3v) is 1.27. The molecule has 1 fully saturated rings. The van der Waals surface area contributed by atoms with Crippen molar-refractivity contribution in [2.75, 3.05) is 0 Å². The summed E-state index contributed by atoms with van der Waals surface area (Å²) in [5.74, 6) is -0.287. The summed E-state index contributed by atoms with van der Waals surface area (Å²) in [5.41, 5.74) is 0. The van der Waals surface area contributed by atoms with Crippen LogP contribution in [0.5, 0.6) is 0 Å². The molecular weight excluding hydrogens is 117 g/mol. The Labute approximate surface area is 53.6 Å². The molecule has 2 amide bonds. The van der Waals surface area contributed by atoms with Gasteiger partial charge in [-0.15, -0.1) is 0 Å². The summed E-state index contributed by atoms with van der Waals surface area (Å²) in [4.78, 5) is 22.4. The van der Waals surface area contributed by atoms with Gasteiger partial charge < -0.3 is 0 Å². The molecule has 0 radical (unpaired) electrons. The molecule has 1 aliphatic rings. The van der Waals surface area contributed by atoms with Gasteiger partial charge in [0.25, 0.3) is 0 Å². The zero-order valence-electron chi connectivity index (χ0n) is 4.96. The van der Waals surface area contributed by atoms with Crippen LogP contribution >= 0.6 is 0 Å². The Hall–Kier alpha value is -0.925. The Bertz CT molecular complexity index is 162. The van der Waals surface area contributed by atoms with Gasteiger partial charge in [-0.05, 0) is 0 Å². The van der Waals surface area contributed by atoms with Crippen LogP contribution in [0.15, 0.2) is 0 Å². The van der Waals surface area contributed by atoms with Crippen LogP contribution in [-0.2, 0) is 9.59 Å². The van der Waals surface area contributed by atoms with Gasteiger partial charge in [-0.1, -0.05) is 0 Å². The van der Waals surface area contributed by atoms with E-state index in [0.717, 1.165) is 4.81 Å². The number of amides is 2. The molecule has 0 unspecified atom stereocenters. The van der Waals surface area contributed by atoms with Crippen molar-refractivity contribution in [3.63, 3.8) is 0 Å². The second-order valence-corrected chi connectivity index (χ2v) is 1.84. The van der Waals surface area contributed by atoms with E-state index in [9.17, 15) is 9.59 Å². The Balaban J connectivity index is 2.77. The molecule has 1 rings (SSSR count). The van der Waals surface area contributed by atoms with E-state index in [1.807, 2.05) is 0 Å². The number of carbonyl (C=O) groups is 2. The van der Waals surface area contributed by atoms with Crippen LogP contribution in [0.3, 0.4) is 0 Å². The monoisotopic (exact) mass is 123 g/mol. The van der Waals surface area contributed by atoms with E-state index in [2.05, 4.69) is 6.47 Å². The Morgan fingerprint density at radius 1 is 1.33 bits per heavy atom. The predicted octanol–water partition coefficient (Wildman–Crippen LogP) is -0.813. The molecule has 0 aliphatic carbocycles. The molecule has 0 spiro atoms. The molecule has 0 aromatic heterocycles. The molecule has 0 aromatic carbocycles. The molecule has 3 nitrogen and oxygen atoms in total. The number of rotatable bonds is 1. The fraction of sp³-hybridized carbons (Fsp3) is 0.400. The van der Waals surface area contributed by atoms with Crippen LogP contribution in [0.4, 0.5) is 0 Å². The second-order valence-electron chi connectivity index (χ2n) is 1.84. The summed E-state index contributed by atoms with van der Waals surface area (Å²) in [6.45, 7) is 3.33. The first kappa shape index (κ1) is 6.20. The number of nitrogens with zero attached hydrogens (tertiary/aromatic N) is 1. The van der Waals surface area contributed by atoms with Gasteiger partial charge >= 0.3 is 52.6 Å². The van der Waals surface area contributed by atoms with E-state index >= 15 is 0 Å². The standard InChI is InChI=1S/C5H6BNO2/c1-6-7-4(8)2-3-5(7)9/h1-3H2. The first-order valence-electron chi connectivity index (χ1n) is 2.73. The fourth-order valence-corrected chi connectivity index (χ4v) is 0.797. The molecule has 0 saturated carbocycles. The van der Waals surface area contributed by atoms with Crippen molar-refractivity contribution in [2.45, 2.75) is 12.8 Å². The van der Waals surface area contributed by atoms with E-state index in [1.165, 1.54) is 7.06 Å². The average molecular weight is 123 g/mol. The average Bonchev–Trinajstić information content (AvgIpc) is 2.12. The van der Waals surface area contributed by atoms with Gasteiger partial charge in [0.1, 0.15) is 0 Å². The summed E-state index contributed by atoms with van der Waals surface area (Å²) in [6.07, 6.45) is 0.676. The van der Waals surface area contributed by atoms with E-state index in [4.69, 9.17) is 0 Å². The Kier molecular flexibility index (Phi) is 1.47. The molecule has 0 bridgehead atoms. The van der Waals surface area contributed by atoms with Crippen molar-refractivity contribution < 1.29 is 9.59 Å². The van der Waals surface area contributed by atoms with Gasteiger partial charge in [0.2, 0.25) is 0 Å². The summed E-state index contributed by atoms with van der Waals surface area (Å²) in [6, 6.07) is 0. The topological polar surface area (TPSA) is 37.4 Å². The third kappa shape index (κ3) is 0.920. The van der Waals surface area contributed by atoms with Gasteiger partial charge in [0.15, 0.2) is 0 Å². The molecule has 9 heavy (non-hydrogen) atoms. The summed E-state index contributed by atoms with van der Waals surface area (Å²) >= 11 is 0. The first-order valence-corrected chi connectivity index (χ1v) is 2.73. The second kappa shape index (κ2) is 2.13. The molecule has 0 atom stereocenters. The number of carbonyl (C=O) groups excluding carboxylic acids is 2. The number of hydrogen-bond acceptors (Lipinski definition) is 2. The van der Waals surface area contributed by atoms with Crippen molar-refractivity contribution in [3.8, 4) is 0 Å². The van der Waals surface area contributed by atoms with Crippen molar-refractivity contribution >= 4 is 25.3 Å². The first-order chi connectivity index (χ1) is 4.25. The summed E-state index contributed by atoms with van der Waals surface area (Å²) in [5, 5.41) is 0. The molecular formula is C5H6BNO2. The maximum absolute atomic E-state index is 10.6. The SMILES string of the molecule is C=BN1C(=O)CCC1=O. The van der Waals surface area contributed by atoms with E-state index in [1.54, 1.807) is 0 Å². The minimum atomic E-state index is -0.144. The third-order valence-electron chi connectivity index (χ3n) is 1.27. The van der Waals surface area contributed by atoms with Crippen LogP contribution in [0.1, 0.15) is 12.8 Å². The summed E-state index contributed by atoms with van der Waals surface area (Å²) < 4.78 is 0. The van der Waals surface area contributed by atoms with Crippen LogP contribution in [0.25, 0.3) is 0 Å². The Morgan fingerprint density at radius 2 is 1.78 bits per heavy atom. The van der Waals surface area contributed by atoms with E-state index in [-0.39, 0.29) is 11.8 Å². The molecule has 0 N–H and O–H groups in total. The van der Waals surface area contributed by atoms with Crippen LogP contribution in [0.2, 0.25) is 0 Å². The number of hydrogen-bond donors (Lipinski definition) is 0. The molecule has 46 valence electrons. The van der Waals surface area contributed by atoms with Crippen LogP contribution < -0.4 is 0 Å². The molecule has 1 saturated heterocycles. The fourth-order valence-electron chi connectivity index (χ4n) is 0.797. The van der Waals surface area contributed by atoms with Crippen molar-refractivity contribution in [1.29, 1.82) is 0 Å². The molecule has 1 aliphatic heterocycles. The van der Waals surface area contributed by atoms with Crippen molar-refractivity contribution in [2.24, 2.45) is 0 Å². The van der Waals surface area contributed by atoms with Crippen LogP contribution in [0, 0.1) is 0 Å². The molecule has 0 aromatic rings. The quantitative estimate of drug-likeness (QED) is 0.337. The number of imide groups is 1. The van der Waals surface area contributed by atoms with Crippen molar-refractivity contribution in [1.82, 2.24) is 4.81 Å². The molecule has 4 heteroatoms. The summed E-state index contributed by atoms with van der Waals surface area (Å²) in [7, 11) is 1.26. The van der Waals surface area contributed by atoms with Gasteiger partial charge in [-0.2, -0.15) is 0 Å². The van der Waals surface area contributed by atoms with Crippen LogP contribution in [-0.4, -0.2) is 30.2 Å². The van der Waals surface area contributed by atoms with E-state index < -0.39 is 0 Å². The van der Waals surface area contributed by atoms with Gasteiger partial charge in [0.05, 0.1) is 0 Å². The molecule has 1 heterocycles. The minimum absolute atomic E-state index is 0.144. The van der Waals surface area contributed by atoms with Gasteiger partial charge in [-0.3, -0.25) is 0 Å². The van der Waals surface area contributed by atoms with E-state index in [0.29, 0.717) is 12.8 Å². The Morgan fingerprint density at radius 3 is 2.00 bits per heavy atom. The maximum atomic E-state index is 10.6. The van der Waals surface area contributed by atoms with Gasteiger partial charge in [-0.25, -0.2) is 0 Å².